The highest BCUT2D eigenvalue weighted by molar-refractivity contribution is 14.0. The molecule has 30 heavy (non-hydrogen) atoms. The number of hydrogen-bond acceptors (Lipinski definition) is 3. The van der Waals surface area contributed by atoms with Gasteiger partial charge in [-0.15, -0.1) is 34.2 Å². The molecule has 0 saturated heterocycles. The van der Waals surface area contributed by atoms with E-state index in [1.165, 1.54) is 22.3 Å². The van der Waals surface area contributed by atoms with Crippen LogP contribution >= 0.6 is 24.0 Å². The average molecular weight is 518 g/mol. The maximum Gasteiger partial charge on any atom is 0.192 e. The van der Waals surface area contributed by atoms with Gasteiger partial charge in [0.25, 0.3) is 0 Å². The van der Waals surface area contributed by atoms with Crippen LogP contribution in [0.5, 0.6) is 0 Å². The first kappa shape index (κ1) is 23.9. The second-order valence-corrected chi connectivity index (χ2v) is 7.45. The average Bonchev–Trinajstić information content (AvgIpc) is 3.03. The highest BCUT2D eigenvalue weighted by Crippen LogP contribution is 2.13. The third-order valence-electron chi connectivity index (χ3n) is 5.16. The van der Waals surface area contributed by atoms with Crippen LogP contribution in [0, 0.1) is 20.8 Å². The van der Waals surface area contributed by atoms with Gasteiger partial charge < -0.3 is 15.2 Å². The van der Waals surface area contributed by atoms with Crippen LogP contribution in [0.4, 0.5) is 0 Å². The van der Waals surface area contributed by atoms with Gasteiger partial charge in [-0.2, -0.15) is 0 Å². The maximum atomic E-state index is 4.84. The van der Waals surface area contributed by atoms with E-state index in [-0.39, 0.29) is 30.0 Å². The van der Waals surface area contributed by atoms with Crippen molar-refractivity contribution >= 4 is 29.9 Å². The third kappa shape index (κ3) is 6.29. The fourth-order valence-corrected chi connectivity index (χ4v) is 3.14. The lowest BCUT2D eigenvalue weighted by Crippen LogP contribution is -2.39. The minimum atomic E-state index is 0. The van der Waals surface area contributed by atoms with Gasteiger partial charge in [-0.1, -0.05) is 54.1 Å². The molecule has 3 rings (SSSR count). The first-order chi connectivity index (χ1) is 13.9. The first-order valence-electron chi connectivity index (χ1n) is 9.95. The molecule has 2 N–H and O–H groups in total. The number of rotatable bonds is 6. The Balaban J connectivity index is 0.00000320. The Hall–Kier alpha value is -2.42. The molecule has 0 aliphatic heterocycles. The van der Waals surface area contributed by atoms with Crippen molar-refractivity contribution < 1.29 is 0 Å². The van der Waals surface area contributed by atoms with Crippen LogP contribution < -0.4 is 10.6 Å². The summed E-state index contributed by atoms with van der Waals surface area (Å²) in [6.45, 7) is 9.49. The SMILES string of the molecule is Cc1ccc(CN=C(NCc2nnc(C)n2C)NC(C)c2ccccc2)c(C)c1.I. The first-order valence-corrected chi connectivity index (χ1v) is 9.95. The highest BCUT2D eigenvalue weighted by atomic mass is 127. The smallest absolute Gasteiger partial charge is 0.192 e. The predicted octanol–water partition coefficient (Wildman–Crippen LogP) is 4.35. The highest BCUT2D eigenvalue weighted by Gasteiger charge is 2.10. The van der Waals surface area contributed by atoms with E-state index in [2.05, 4.69) is 84.1 Å². The summed E-state index contributed by atoms with van der Waals surface area (Å²) in [5, 5.41) is 15.3. The second kappa shape index (κ2) is 11.1. The number of aromatic nitrogens is 3. The quantitative estimate of drug-likeness (QED) is 0.289. The summed E-state index contributed by atoms with van der Waals surface area (Å²) in [6, 6.07) is 17.0. The Kier molecular flexibility index (Phi) is 8.83. The summed E-state index contributed by atoms with van der Waals surface area (Å²) in [5.41, 5.74) is 4.96. The van der Waals surface area contributed by atoms with Crippen molar-refractivity contribution in [2.75, 3.05) is 0 Å². The largest absolute Gasteiger partial charge is 0.350 e. The Bertz CT molecular complexity index is 981. The van der Waals surface area contributed by atoms with Crippen molar-refractivity contribution in [2.45, 2.75) is 46.8 Å². The lowest BCUT2D eigenvalue weighted by molar-refractivity contribution is 0.664. The van der Waals surface area contributed by atoms with Gasteiger partial charge in [0.05, 0.1) is 19.1 Å². The van der Waals surface area contributed by atoms with Crippen LogP contribution in [0.25, 0.3) is 0 Å². The number of halogens is 1. The van der Waals surface area contributed by atoms with Crippen molar-refractivity contribution in [3.63, 3.8) is 0 Å². The minimum Gasteiger partial charge on any atom is -0.350 e. The molecule has 1 unspecified atom stereocenters. The summed E-state index contributed by atoms with van der Waals surface area (Å²) in [4.78, 5) is 4.84. The number of hydrogen-bond donors (Lipinski definition) is 2. The monoisotopic (exact) mass is 518 g/mol. The van der Waals surface area contributed by atoms with Crippen LogP contribution in [0.1, 0.15) is 46.9 Å². The summed E-state index contributed by atoms with van der Waals surface area (Å²) >= 11 is 0. The lowest BCUT2D eigenvalue weighted by atomic mass is 10.1. The molecular weight excluding hydrogens is 487 g/mol. The lowest BCUT2D eigenvalue weighted by Gasteiger charge is -2.19. The Labute approximate surface area is 196 Å². The molecule has 0 amide bonds. The van der Waals surface area contributed by atoms with Crippen molar-refractivity contribution in [1.82, 2.24) is 25.4 Å². The Morgan fingerprint density at radius 3 is 2.43 bits per heavy atom. The molecule has 0 aliphatic carbocycles. The van der Waals surface area contributed by atoms with Crippen molar-refractivity contribution in [2.24, 2.45) is 12.0 Å². The van der Waals surface area contributed by atoms with E-state index < -0.39 is 0 Å². The van der Waals surface area contributed by atoms with Gasteiger partial charge in [0.2, 0.25) is 0 Å². The summed E-state index contributed by atoms with van der Waals surface area (Å²) in [7, 11) is 1.97. The number of nitrogens with zero attached hydrogens (tertiary/aromatic N) is 4. The standard InChI is InChI=1S/C23H30N6.HI/c1-16-11-12-21(17(2)13-16)14-24-23(25-15-22-28-27-19(4)29(22)5)26-18(3)20-9-7-6-8-10-20;/h6-13,18H,14-15H2,1-5H3,(H2,24,25,26);1H. The van der Waals surface area contributed by atoms with Crippen molar-refractivity contribution in [3.05, 3.63) is 82.4 Å². The number of benzene rings is 2. The van der Waals surface area contributed by atoms with Gasteiger partial charge in [-0.25, -0.2) is 4.99 Å². The van der Waals surface area contributed by atoms with Crippen molar-refractivity contribution in [1.29, 1.82) is 0 Å². The number of aliphatic imine (C=N–C) groups is 1. The molecule has 0 spiro atoms. The number of nitrogens with one attached hydrogen (secondary N) is 2. The van der Waals surface area contributed by atoms with Crippen LogP contribution in [0.3, 0.4) is 0 Å². The summed E-state index contributed by atoms with van der Waals surface area (Å²) in [5.74, 6) is 2.51. The van der Waals surface area contributed by atoms with E-state index in [0.29, 0.717) is 13.1 Å². The molecular formula is C23H31IN6. The zero-order chi connectivity index (χ0) is 20.8. The fraction of sp³-hybridized carbons (Fsp3) is 0.348. The van der Waals surface area contributed by atoms with E-state index in [0.717, 1.165) is 17.6 Å². The van der Waals surface area contributed by atoms with Gasteiger partial charge in [-0.3, -0.25) is 0 Å². The van der Waals surface area contributed by atoms with Crippen LogP contribution in [-0.4, -0.2) is 20.7 Å². The normalized spacial score (nSPS) is 12.2. The Morgan fingerprint density at radius 2 is 1.80 bits per heavy atom. The number of guanidine groups is 1. The molecule has 0 saturated carbocycles. The van der Waals surface area contributed by atoms with Gasteiger partial charge in [0.1, 0.15) is 5.82 Å². The molecule has 7 heteroatoms. The maximum absolute atomic E-state index is 4.84. The molecule has 0 fully saturated rings. The van der Waals surface area contributed by atoms with Gasteiger partial charge in [-0.05, 0) is 44.4 Å². The molecule has 3 aromatic rings. The fourth-order valence-electron chi connectivity index (χ4n) is 3.14. The molecule has 2 aromatic carbocycles. The van der Waals surface area contributed by atoms with E-state index in [9.17, 15) is 0 Å². The zero-order valence-corrected chi connectivity index (χ0v) is 20.6. The van der Waals surface area contributed by atoms with Gasteiger partial charge in [0.15, 0.2) is 11.8 Å². The summed E-state index contributed by atoms with van der Waals surface area (Å²) < 4.78 is 1.98. The molecule has 6 nitrogen and oxygen atoms in total. The molecule has 1 atom stereocenters. The molecule has 0 aliphatic rings. The molecule has 1 aromatic heterocycles. The van der Waals surface area contributed by atoms with Crippen LogP contribution in [0.15, 0.2) is 53.5 Å². The minimum absolute atomic E-state index is 0. The van der Waals surface area contributed by atoms with Crippen molar-refractivity contribution in [3.8, 4) is 0 Å². The Morgan fingerprint density at radius 1 is 1.07 bits per heavy atom. The van der Waals surface area contributed by atoms with E-state index in [1.54, 1.807) is 0 Å². The second-order valence-electron chi connectivity index (χ2n) is 7.45. The number of aryl methyl sites for hydroxylation is 3. The molecule has 0 bridgehead atoms. The molecule has 1 heterocycles. The predicted molar refractivity (Wildman–Crippen MR) is 133 cm³/mol. The third-order valence-corrected chi connectivity index (χ3v) is 5.16. The van der Waals surface area contributed by atoms with E-state index in [1.807, 2.05) is 24.6 Å². The van der Waals surface area contributed by atoms with Gasteiger partial charge >= 0.3 is 0 Å². The van der Waals surface area contributed by atoms with Crippen LogP contribution in [-0.2, 0) is 20.1 Å². The zero-order valence-electron chi connectivity index (χ0n) is 18.3. The topological polar surface area (TPSA) is 67.1 Å². The molecule has 0 radical (unpaired) electrons. The summed E-state index contributed by atoms with van der Waals surface area (Å²) in [6.07, 6.45) is 0. The van der Waals surface area contributed by atoms with Gasteiger partial charge in [0, 0.05) is 7.05 Å². The van der Waals surface area contributed by atoms with E-state index in [4.69, 9.17) is 4.99 Å². The molecule has 160 valence electrons. The van der Waals surface area contributed by atoms with E-state index >= 15 is 0 Å². The van der Waals surface area contributed by atoms with Crippen LogP contribution in [0.2, 0.25) is 0 Å².